The Bertz CT molecular complexity index is 974. The van der Waals surface area contributed by atoms with Gasteiger partial charge in [-0.15, -0.1) is 6.58 Å². The van der Waals surface area contributed by atoms with Gasteiger partial charge in [0.1, 0.15) is 5.75 Å². The van der Waals surface area contributed by atoms with Crippen molar-refractivity contribution in [2.75, 3.05) is 20.8 Å². The van der Waals surface area contributed by atoms with Crippen LogP contribution in [-0.4, -0.2) is 44.0 Å². The van der Waals surface area contributed by atoms with E-state index < -0.39 is 12.6 Å². The van der Waals surface area contributed by atoms with Crippen molar-refractivity contribution in [3.05, 3.63) is 63.2 Å². The zero-order valence-corrected chi connectivity index (χ0v) is 18.6. The summed E-state index contributed by atoms with van der Waals surface area (Å²) in [5, 5.41) is 12.9. The molecule has 0 saturated carbocycles. The highest BCUT2D eigenvalue weighted by Crippen LogP contribution is 2.33. The second-order valence-electron chi connectivity index (χ2n) is 5.94. The predicted octanol–water partition coefficient (Wildman–Crippen LogP) is 3.26. The zero-order chi connectivity index (χ0) is 22.1. The Morgan fingerprint density at radius 1 is 1.20 bits per heavy atom. The molecule has 2 aromatic rings. The first-order chi connectivity index (χ1) is 14.4. The standard InChI is InChI=1S/C21H21IN2O6/c1-4-5-14-8-13(9-18(29-3)20(14)30-12-19(25)26)11-23-24-21(27)15-6-7-16(22)17(10-15)28-2/h4,6-11H,1,5,12H2,2-3H3,(H,24,27)(H,25,26)/b23-11+. The Labute approximate surface area is 187 Å². The number of carboxylic acid groups (broad SMARTS) is 1. The maximum Gasteiger partial charge on any atom is 0.341 e. The molecule has 0 unspecified atom stereocenters. The molecule has 0 radical (unpaired) electrons. The number of carbonyl (C=O) groups excluding carboxylic acids is 1. The summed E-state index contributed by atoms with van der Waals surface area (Å²) < 4.78 is 16.8. The maximum atomic E-state index is 12.3. The molecule has 0 fully saturated rings. The largest absolute Gasteiger partial charge is 0.496 e. The normalized spacial score (nSPS) is 10.5. The Balaban J connectivity index is 2.21. The fourth-order valence-corrected chi connectivity index (χ4v) is 3.10. The number of rotatable bonds is 10. The topological polar surface area (TPSA) is 106 Å². The van der Waals surface area contributed by atoms with Gasteiger partial charge in [-0.3, -0.25) is 4.79 Å². The molecule has 2 aromatic carbocycles. The third kappa shape index (κ3) is 6.21. The molecule has 2 N–H and O–H groups in total. The van der Waals surface area contributed by atoms with Crippen LogP contribution in [0.4, 0.5) is 0 Å². The van der Waals surface area contributed by atoms with E-state index in [1.165, 1.54) is 20.4 Å². The molecular weight excluding hydrogens is 503 g/mol. The van der Waals surface area contributed by atoms with Gasteiger partial charge in [0, 0.05) is 11.1 Å². The van der Waals surface area contributed by atoms with E-state index in [2.05, 4.69) is 39.7 Å². The van der Waals surface area contributed by atoms with Gasteiger partial charge in [0.05, 0.1) is 24.0 Å². The highest BCUT2D eigenvalue weighted by atomic mass is 127. The first-order valence-corrected chi connectivity index (χ1v) is 9.80. The Morgan fingerprint density at radius 2 is 1.93 bits per heavy atom. The van der Waals surface area contributed by atoms with Crippen LogP contribution in [0.5, 0.6) is 17.2 Å². The van der Waals surface area contributed by atoms with Crippen molar-refractivity contribution < 1.29 is 28.9 Å². The molecule has 0 heterocycles. The van der Waals surface area contributed by atoms with Gasteiger partial charge in [-0.1, -0.05) is 6.08 Å². The van der Waals surface area contributed by atoms with E-state index in [1.807, 2.05) is 0 Å². The van der Waals surface area contributed by atoms with E-state index in [4.69, 9.17) is 19.3 Å². The second-order valence-corrected chi connectivity index (χ2v) is 7.10. The van der Waals surface area contributed by atoms with Crippen LogP contribution >= 0.6 is 22.6 Å². The van der Waals surface area contributed by atoms with Gasteiger partial charge in [0.2, 0.25) is 0 Å². The molecule has 1 amide bonds. The number of nitrogens with one attached hydrogen (secondary N) is 1. The lowest BCUT2D eigenvalue weighted by Gasteiger charge is -2.14. The summed E-state index contributed by atoms with van der Waals surface area (Å²) in [6.45, 7) is 3.21. The zero-order valence-electron chi connectivity index (χ0n) is 16.5. The van der Waals surface area contributed by atoms with Gasteiger partial charge in [0.15, 0.2) is 18.1 Å². The molecular formula is C21H21IN2O6. The number of carboxylic acids is 1. The van der Waals surface area contributed by atoms with Crippen LogP contribution in [0.3, 0.4) is 0 Å². The summed E-state index contributed by atoms with van der Waals surface area (Å²) in [4.78, 5) is 23.1. The third-order valence-corrected chi connectivity index (χ3v) is 4.76. The lowest BCUT2D eigenvalue weighted by Crippen LogP contribution is -2.17. The molecule has 0 atom stereocenters. The van der Waals surface area contributed by atoms with Crippen molar-refractivity contribution in [3.8, 4) is 17.2 Å². The summed E-state index contributed by atoms with van der Waals surface area (Å²) in [5.41, 5.74) is 4.19. The Hall–Kier alpha value is -3.08. The third-order valence-electron chi connectivity index (χ3n) is 3.87. The highest BCUT2D eigenvalue weighted by molar-refractivity contribution is 14.1. The van der Waals surface area contributed by atoms with Crippen LogP contribution in [0, 0.1) is 3.57 Å². The number of methoxy groups -OCH3 is 2. The van der Waals surface area contributed by atoms with Crippen LogP contribution in [-0.2, 0) is 11.2 Å². The lowest BCUT2D eigenvalue weighted by molar-refractivity contribution is -0.139. The number of ether oxygens (including phenoxy) is 3. The van der Waals surface area contributed by atoms with E-state index in [0.29, 0.717) is 40.4 Å². The van der Waals surface area contributed by atoms with Crippen LogP contribution in [0.2, 0.25) is 0 Å². The molecule has 0 bridgehead atoms. The van der Waals surface area contributed by atoms with Crippen molar-refractivity contribution in [2.45, 2.75) is 6.42 Å². The van der Waals surface area contributed by atoms with Crippen molar-refractivity contribution >= 4 is 40.7 Å². The molecule has 158 valence electrons. The molecule has 0 aliphatic carbocycles. The number of hydrogen-bond donors (Lipinski definition) is 2. The number of hydrazone groups is 1. The first-order valence-electron chi connectivity index (χ1n) is 8.73. The van der Waals surface area contributed by atoms with Gasteiger partial charge in [0.25, 0.3) is 5.91 Å². The van der Waals surface area contributed by atoms with Crippen LogP contribution in [0.15, 0.2) is 48.1 Å². The van der Waals surface area contributed by atoms with Gasteiger partial charge >= 0.3 is 5.97 Å². The minimum atomic E-state index is -1.10. The minimum absolute atomic E-state index is 0.326. The molecule has 30 heavy (non-hydrogen) atoms. The van der Waals surface area contributed by atoms with Gasteiger partial charge in [-0.2, -0.15) is 5.10 Å². The summed E-state index contributed by atoms with van der Waals surface area (Å²) in [6, 6.07) is 8.47. The van der Waals surface area contributed by atoms with Crippen molar-refractivity contribution in [1.82, 2.24) is 5.43 Å². The maximum absolute atomic E-state index is 12.3. The summed E-state index contributed by atoms with van der Waals surface area (Å²) >= 11 is 2.12. The number of amides is 1. The SMILES string of the molecule is C=CCc1cc(/C=N/NC(=O)c2ccc(I)c(OC)c2)cc(OC)c1OCC(=O)O. The number of nitrogens with zero attached hydrogens (tertiary/aromatic N) is 1. The van der Waals surface area contributed by atoms with Gasteiger partial charge in [-0.05, 0) is 64.9 Å². The van der Waals surface area contributed by atoms with Gasteiger partial charge in [-0.25, -0.2) is 10.2 Å². The second kappa shape index (κ2) is 11.2. The van der Waals surface area contributed by atoms with Crippen molar-refractivity contribution in [3.63, 3.8) is 0 Å². The average Bonchev–Trinajstić information content (AvgIpc) is 2.72. The predicted molar refractivity (Wildman–Crippen MR) is 121 cm³/mol. The molecule has 0 spiro atoms. The number of hydrogen-bond acceptors (Lipinski definition) is 6. The number of allylic oxidation sites excluding steroid dienone is 1. The molecule has 0 aliphatic rings. The quantitative estimate of drug-likeness (QED) is 0.214. The van der Waals surface area contributed by atoms with Gasteiger partial charge < -0.3 is 19.3 Å². The van der Waals surface area contributed by atoms with Crippen LogP contribution in [0.1, 0.15) is 21.5 Å². The van der Waals surface area contributed by atoms with Crippen molar-refractivity contribution in [1.29, 1.82) is 0 Å². The monoisotopic (exact) mass is 524 g/mol. The summed E-state index contributed by atoms with van der Waals surface area (Å²) in [6.07, 6.45) is 3.55. The molecule has 9 heteroatoms. The van der Waals surface area contributed by atoms with E-state index in [-0.39, 0.29) is 5.91 Å². The molecule has 8 nitrogen and oxygen atoms in total. The van der Waals surface area contributed by atoms with Crippen molar-refractivity contribution in [2.24, 2.45) is 5.10 Å². The first kappa shape index (κ1) is 23.2. The summed E-state index contributed by atoms with van der Waals surface area (Å²) in [7, 11) is 2.99. The minimum Gasteiger partial charge on any atom is -0.496 e. The molecule has 0 saturated heterocycles. The molecule has 0 aromatic heterocycles. The lowest BCUT2D eigenvalue weighted by atomic mass is 10.1. The van der Waals surface area contributed by atoms with Crippen LogP contribution < -0.4 is 19.6 Å². The smallest absolute Gasteiger partial charge is 0.341 e. The number of carbonyl (C=O) groups is 2. The number of halogens is 1. The van der Waals surface area contributed by atoms with E-state index in [1.54, 1.807) is 36.4 Å². The molecule has 2 rings (SSSR count). The fraction of sp³-hybridized carbons (Fsp3) is 0.190. The molecule has 0 aliphatic heterocycles. The summed E-state index contributed by atoms with van der Waals surface area (Å²) in [5.74, 6) is -0.205. The average molecular weight is 524 g/mol. The number of benzene rings is 2. The Kier molecular flexibility index (Phi) is 8.66. The number of aliphatic carboxylic acids is 1. The van der Waals surface area contributed by atoms with E-state index in [0.717, 1.165) is 3.57 Å². The van der Waals surface area contributed by atoms with Crippen LogP contribution in [0.25, 0.3) is 0 Å². The fourth-order valence-electron chi connectivity index (χ4n) is 2.55. The highest BCUT2D eigenvalue weighted by Gasteiger charge is 2.14. The van der Waals surface area contributed by atoms with E-state index >= 15 is 0 Å². The Morgan fingerprint density at radius 3 is 2.57 bits per heavy atom. The van der Waals surface area contributed by atoms with E-state index in [9.17, 15) is 9.59 Å².